The molecule has 0 saturated carbocycles. The Morgan fingerprint density at radius 1 is 1.03 bits per heavy atom. The van der Waals surface area contributed by atoms with Crippen LogP contribution in [0.1, 0.15) is 31.7 Å². The van der Waals surface area contributed by atoms with Gasteiger partial charge in [0.25, 0.3) is 0 Å². The molecule has 0 spiro atoms. The molecule has 7 nitrogen and oxygen atoms in total. The van der Waals surface area contributed by atoms with Gasteiger partial charge < -0.3 is 25.2 Å². The van der Waals surface area contributed by atoms with E-state index in [1.807, 2.05) is 26.0 Å². The van der Waals surface area contributed by atoms with Crippen LogP contribution in [0.5, 0.6) is 5.75 Å². The summed E-state index contributed by atoms with van der Waals surface area (Å²) in [6, 6.07) is 13.3. The Labute approximate surface area is 226 Å². The SMILES string of the molecule is CCOc1cc(Nc2nc(Nc3cccc(F)c3)c3c(C)csc3n2)ccc1N1CCC(N2CCC2)CC1. The highest BCUT2D eigenvalue weighted by Crippen LogP contribution is 2.36. The van der Waals surface area contributed by atoms with Crippen LogP contribution >= 0.6 is 11.3 Å². The number of hydrogen-bond donors (Lipinski definition) is 2. The second-order valence-electron chi connectivity index (χ2n) is 9.98. The third kappa shape index (κ3) is 5.13. The number of thiophene rings is 1. The summed E-state index contributed by atoms with van der Waals surface area (Å²) in [5.41, 5.74) is 3.72. The van der Waals surface area contributed by atoms with E-state index < -0.39 is 0 Å². The second kappa shape index (κ2) is 10.7. The number of nitrogens with zero attached hydrogens (tertiary/aromatic N) is 4. The highest BCUT2D eigenvalue weighted by Gasteiger charge is 2.28. The summed E-state index contributed by atoms with van der Waals surface area (Å²) < 4.78 is 19.9. The van der Waals surface area contributed by atoms with Crippen molar-refractivity contribution in [3.63, 3.8) is 0 Å². The van der Waals surface area contributed by atoms with Gasteiger partial charge in [-0.3, -0.25) is 0 Å². The maximum absolute atomic E-state index is 13.8. The molecule has 0 atom stereocenters. The maximum Gasteiger partial charge on any atom is 0.230 e. The van der Waals surface area contributed by atoms with Crippen LogP contribution in [0.4, 0.5) is 33.2 Å². The van der Waals surface area contributed by atoms with E-state index in [9.17, 15) is 4.39 Å². The highest BCUT2D eigenvalue weighted by atomic mass is 32.1. The zero-order valence-electron chi connectivity index (χ0n) is 21.8. The Bertz CT molecular complexity index is 1430. The van der Waals surface area contributed by atoms with Gasteiger partial charge in [0.1, 0.15) is 22.2 Å². The molecular formula is C29H33FN6OS. The number of ether oxygens (including phenoxy) is 1. The predicted octanol–water partition coefficient (Wildman–Crippen LogP) is 6.70. The van der Waals surface area contributed by atoms with Gasteiger partial charge in [-0.15, -0.1) is 11.3 Å². The van der Waals surface area contributed by atoms with Gasteiger partial charge in [0.05, 0.1) is 17.7 Å². The maximum atomic E-state index is 13.8. The van der Waals surface area contributed by atoms with Gasteiger partial charge in [-0.05, 0) is 87.5 Å². The average molecular weight is 533 g/mol. The van der Waals surface area contributed by atoms with E-state index in [0.29, 0.717) is 24.1 Å². The van der Waals surface area contributed by atoms with Crippen LogP contribution in [0.3, 0.4) is 0 Å². The average Bonchev–Trinajstić information content (AvgIpc) is 3.25. The summed E-state index contributed by atoms with van der Waals surface area (Å²) >= 11 is 1.57. The zero-order valence-corrected chi connectivity index (χ0v) is 22.7. The first-order valence-electron chi connectivity index (χ1n) is 13.4. The van der Waals surface area contributed by atoms with E-state index >= 15 is 0 Å². The summed E-state index contributed by atoms with van der Waals surface area (Å²) in [6.07, 6.45) is 3.73. The molecule has 2 aliphatic heterocycles. The fourth-order valence-electron chi connectivity index (χ4n) is 5.36. The van der Waals surface area contributed by atoms with Crippen molar-refractivity contribution in [3.05, 3.63) is 59.2 Å². The minimum absolute atomic E-state index is 0.297. The predicted molar refractivity (Wildman–Crippen MR) is 154 cm³/mol. The normalized spacial score (nSPS) is 16.4. The Balaban J connectivity index is 1.24. The number of hydrogen-bond acceptors (Lipinski definition) is 8. The van der Waals surface area contributed by atoms with Gasteiger partial charge in [0.15, 0.2) is 0 Å². The minimum Gasteiger partial charge on any atom is -0.492 e. The molecule has 0 unspecified atom stereocenters. The van der Waals surface area contributed by atoms with Crippen LogP contribution in [-0.4, -0.2) is 53.7 Å². The third-order valence-corrected chi connectivity index (χ3v) is 8.42. The summed E-state index contributed by atoms with van der Waals surface area (Å²) in [5, 5.41) is 9.66. The van der Waals surface area contributed by atoms with Crippen molar-refractivity contribution in [2.24, 2.45) is 0 Å². The van der Waals surface area contributed by atoms with Crippen LogP contribution in [-0.2, 0) is 0 Å². The first-order chi connectivity index (χ1) is 18.6. The summed E-state index contributed by atoms with van der Waals surface area (Å²) in [6.45, 7) is 9.24. The number of nitrogens with one attached hydrogen (secondary N) is 2. The molecule has 2 fully saturated rings. The molecule has 0 aliphatic carbocycles. The summed E-state index contributed by atoms with van der Waals surface area (Å²) in [7, 11) is 0. The van der Waals surface area contributed by atoms with Crippen LogP contribution in [0.25, 0.3) is 10.2 Å². The zero-order chi connectivity index (χ0) is 26.1. The smallest absolute Gasteiger partial charge is 0.230 e. The topological polar surface area (TPSA) is 65.5 Å². The Hall–Kier alpha value is -3.43. The fourth-order valence-corrected chi connectivity index (χ4v) is 6.29. The molecule has 4 aromatic rings. The number of anilines is 5. The molecule has 2 saturated heterocycles. The number of benzene rings is 2. The van der Waals surface area contributed by atoms with Gasteiger partial charge in [-0.1, -0.05) is 6.07 Å². The van der Waals surface area contributed by atoms with Gasteiger partial charge in [-0.25, -0.2) is 9.37 Å². The molecule has 0 amide bonds. The number of halogens is 1. The number of rotatable bonds is 8. The molecule has 2 N–H and O–H groups in total. The standard InChI is InChI=1S/C29H33FN6OS/c1-3-37-25-17-22(8-9-24(25)36-14-10-23(11-15-36)35-12-5-13-35)32-29-33-27(26-19(2)18-38-28(26)34-29)31-21-7-4-6-20(30)16-21/h4,6-9,16-18,23H,3,5,10-15H2,1-2H3,(H2,31,32,33,34). The van der Waals surface area contributed by atoms with Crippen LogP contribution in [0.15, 0.2) is 47.8 Å². The molecule has 198 valence electrons. The molecule has 0 bridgehead atoms. The molecule has 6 rings (SSSR count). The molecule has 38 heavy (non-hydrogen) atoms. The minimum atomic E-state index is -0.297. The molecule has 2 aliphatic rings. The number of aryl methyl sites for hydroxylation is 1. The third-order valence-electron chi connectivity index (χ3n) is 7.43. The van der Waals surface area contributed by atoms with Crippen molar-refractivity contribution < 1.29 is 9.13 Å². The van der Waals surface area contributed by atoms with Gasteiger partial charge >= 0.3 is 0 Å². The molecule has 4 heterocycles. The van der Waals surface area contributed by atoms with E-state index in [2.05, 4.69) is 37.9 Å². The fraction of sp³-hybridized carbons (Fsp3) is 0.379. The molecular weight excluding hydrogens is 499 g/mol. The van der Waals surface area contributed by atoms with Crippen molar-refractivity contribution in [2.45, 2.75) is 39.2 Å². The van der Waals surface area contributed by atoms with Crippen molar-refractivity contribution in [3.8, 4) is 5.75 Å². The van der Waals surface area contributed by atoms with Crippen LogP contribution in [0.2, 0.25) is 0 Å². The number of aromatic nitrogens is 2. The van der Waals surface area contributed by atoms with E-state index in [0.717, 1.165) is 52.0 Å². The van der Waals surface area contributed by atoms with Gasteiger partial charge in [0, 0.05) is 36.6 Å². The van der Waals surface area contributed by atoms with E-state index in [1.165, 1.54) is 44.5 Å². The monoisotopic (exact) mass is 532 g/mol. The van der Waals surface area contributed by atoms with Gasteiger partial charge in [-0.2, -0.15) is 4.98 Å². The molecule has 9 heteroatoms. The lowest BCUT2D eigenvalue weighted by atomic mass is 9.99. The van der Waals surface area contributed by atoms with Crippen molar-refractivity contribution in [2.75, 3.05) is 48.3 Å². The summed E-state index contributed by atoms with van der Waals surface area (Å²) in [4.78, 5) is 15.5. The quantitative estimate of drug-likeness (QED) is 0.262. The number of fused-ring (bicyclic) bond motifs is 1. The second-order valence-corrected chi connectivity index (χ2v) is 10.8. The Morgan fingerprint density at radius 3 is 2.58 bits per heavy atom. The lowest BCUT2D eigenvalue weighted by molar-refractivity contribution is 0.100. The largest absolute Gasteiger partial charge is 0.492 e. The lowest BCUT2D eigenvalue weighted by Crippen LogP contribution is -2.50. The molecule has 2 aromatic carbocycles. The van der Waals surface area contributed by atoms with Gasteiger partial charge in [0.2, 0.25) is 5.95 Å². The summed E-state index contributed by atoms with van der Waals surface area (Å²) in [5.74, 6) is 1.69. The number of piperidine rings is 1. The molecule has 2 aromatic heterocycles. The van der Waals surface area contributed by atoms with Crippen molar-refractivity contribution in [1.82, 2.24) is 14.9 Å². The van der Waals surface area contributed by atoms with E-state index in [4.69, 9.17) is 14.7 Å². The first kappa shape index (κ1) is 24.9. The van der Waals surface area contributed by atoms with Crippen LogP contribution in [0, 0.1) is 12.7 Å². The number of likely N-dealkylation sites (tertiary alicyclic amines) is 1. The van der Waals surface area contributed by atoms with Crippen molar-refractivity contribution >= 4 is 50.4 Å². The van der Waals surface area contributed by atoms with Crippen molar-refractivity contribution in [1.29, 1.82) is 0 Å². The first-order valence-corrected chi connectivity index (χ1v) is 14.3. The van der Waals surface area contributed by atoms with E-state index in [1.54, 1.807) is 17.4 Å². The van der Waals surface area contributed by atoms with Crippen LogP contribution < -0.4 is 20.3 Å². The lowest BCUT2D eigenvalue weighted by Gasteiger charge is -2.43. The van der Waals surface area contributed by atoms with E-state index in [-0.39, 0.29) is 5.82 Å². The highest BCUT2D eigenvalue weighted by molar-refractivity contribution is 7.17. The molecule has 0 radical (unpaired) electrons. The Morgan fingerprint density at radius 2 is 1.84 bits per heavy atom. The Kier molecular flexibility index (Phi) is 7.04.